The van der Waals surface area contributed by atoms with E-state index in [2.05, 4.69) is 0 Å². The van der Waals surface area contributed by atoms with Gasteiger partial charge in [0.05, 0.1) is 25.4 Å². The van der Waals surface area contributed by atoms with Crippen LogP contribution in [0.15, 0.2) is 0 Å². The number of aliphatic hydroxyl groups is 1. The zero-order chi connectivity index (χ0) is 10.6. The SMILES string of the molecule is CC(O)CCC(=O)N1CCOCC1C. The molecule has 2 unspecified atom stereocenters. The second-order valence-electron chi connectivity index (χ2n) is 3.90. The fourth-order valence-electron chi connectivity index (χ4n) is 1.57. The molecule has 0 spiro atoms. The molecule has 2 atom stereocenters. The van der Waals surface area contributed by atoms with E-state index < -0.39 is 6.10 Å². The first-order valence-electron chi connectivity index (χ1n) is 5.16. The number of amides is 1. The summed E-state index contributed by atoms with van der Waals surface area (Å²) in [7, 11) is 0. The summed E-state index contributed by atoms with van der Waals surface area (Å²) in [5, 5.41) is 9.07. The van der Waals surface area contributed by atoms with Gasteiger partial charge in [-0.05, 0) is 20.3 Å². The molecule has 4 heteroatoms. The highest BCUT2D eigenvalue weighted by Gasteiger charge is 2.23. The van der Waals surface area contributed by atoms with Crippen LogP contribution in [0.3, 0.4) is 0 Å². The summed E-state index contributed by atoms with van der Waals surface area (Å²) in [6.07, 6.45) is 0.584. The molecule has 1 aliphatic rings. The molecule has 1 saturated heterocycles. The van der Waals surface area contributed by atoms with Crippen molar-refractivity contribution in [2.45, 2.75) is 38.8 Å². The summed E-state index contributed by atoms with van der Waals surface area (Å²) in [6, 6.07) is 0.172. The van der Waals surface area contributed by atoms with Crippen LogP contribution < -0.4 is 0 Å². The lowest BCUT2D eigenvalue weighted by Crippen LogP contribution is -2.47. The van der Waals surface area contributed by atoms with Crippen molar-refractivity contribution in [1.82, 2.24) is 4.90 Å². The molecule has 0 aromatic rings. The first-order chi connectivity index (χ1) is 6.61. The number of ether oxygens (including phenoxy) is 1. The van der Waals surface area contributed by atoms with Gasteiger partial charge in [0.1, 0.15) is 0 Å². The number of hydrogen-bond donors (Lipinski definition) is 1. The Morgan fingerprint density at radius 2 is 2.43 bits per heavy atom. The third-order valence-corrected chi connectivity index (χ3v) is 2.46. The maximum Gasteiger partial charge on any atom is 0.223 e. The minimum Gasteiger partial charge on any atom is -0.393 e. The summed E-state index contributed by atoms with van der Waals surface area (Å²) in [5.74, 6) is 0.127. The first kappa shape index (κ1) is 11.5. The van der Waals surface area contributed by atoms with Crippen LogP contribution >= 0.6 is 0 Å². The van der Waals surface area contributed by atoms with Gasteiger partial charge in [0, 0.05) is 13.0 Å². The van der Waals surface area contributed by atoms with E-state index in [0.717, 1.165) is 0 Å². The Hall–Kier alpha value is -0.610. The highest BCUT2D eigenvalue weighted by atomic mass is 16.5. The molecule has 0 aromatic carbocycles. The average molecular weight is 201 g/mol. The molecule has 4 nitrogen and oxygen atoms in total. The van der Waals surface area contributed by atoms with Gasteiger partial charge in [0.15, 0.2) is 0 Å². The van der Waals surface area contributed by atoms with Crippen LogP contribution in [0.2, 0.25) is 0 Å². The van der Waals surface area contributed by atoms with E-state index in [0.29, 0.717) is 32.6 Å². The number of morpholine rings is 1. The molecule has 1 aliphatic heterocycles. The highest BCUT2D eigenvalue weighted by molar-refractivity contribution is 5.76. The van der Waals surface area contributed by atoms with E-state index in [4.69, 9.17) is 9.84 Å². The Morgan fingerprint density at radius 3 is 3.00 bits per heavy atom. The Bertz CT molecular complexity index is 194. The van der Waals surface area contributed by atoms with Crippen molar-refractivity contribution in [2.24, 2.45) is 0 Å². The number of nitrogens with zero attached hydrogens (tertiary/aromatic N) is 1. The van der Waals surface area contributed by atoms with Crippen LogP contribution in [-0.2, 0) is 9.53 Å². The quantitative estimate of drug-likeness (QED) is 0.719. The molecular weight excluding hydrogens is 182 g/mol. The van der Waals surface area contributed by atoms with Crippen molar-refractivity contribution in [3.63, 3.8) is 0 Å². The lowest BCUT2D eigenvalue weighted by molar-refractivity contribution is -0.139. The molecule has 0 aromatic heterocycles. The number of carbonyl (C=O) groups is 1. The Balaban J connectivity index is 2.34. The van der Waals surface area contributed by atoms with E-state index in [-0.39, 0.29) is 11.9 Å². The lowest BCUT2D eigenvalue weighted by atomic mass is 10.1. The second kappa shape index (κ2) is 5.32. The minimum absolute atomic E-state index is 0.127. The minimum atomic E-state index is -0.393. The third-order valence-electron chi connectivity index (χ3n) is 2.46. The molecule has 1 heterocycles. The van der Waals surface area contributed by atoms with Crippen molar-refractivity contribution >= 4 is 5.91 Å². The van der Waals surface area contributed by atoms with Crippen LogP contribution in [0.25, 0.3) is 0 Å². The fourth-order valence-corrected chi connectivity index (χ4v) is 1.57. The molecule has 1 fully saturated rings. The number of aliphatic hydroxyl groups excluding tert-OH is 1. The molecule has 0 saturated carbocycles. The smallest absolute Gasteiger partial charge is 0.223 e. The number of rotatable bonds is 3. The van der Waals surface area contributed by atoms with Crippen molar-refractivity contribution in [1.29, 1.82) is 0 Å². The van der Waals surface area contributed by atoms with Crippen molar-refractivity contribution < 1.29 is 14.6 Å². The first-order valence-corrected chi connectivity index (χ1v) is 5.16. The van der Waals surface area contributed by atoms with Crippen molar-refractivity contribution in [2.75, 3.05) is 19.8 Å². The summed E-state index contributed by atoms with van der Waals surface area (Å²) in [5.41, 5.74) is 0. The summed E-state index contributed by atoms with van der Waals surface area (Å²) < 4.78 is 5.24. The van der Waals surface area contributed by atoms with Gasteiger partial charge >= 0.3 is 0 Å². The van der Waals surface area contributed by atoms with Gasteiger partial charge in [0.2, 0.25) is 5.91 Å². The summed E-state index contributed by atoms with van der Waals surface area (Å²) in [6.45, 7) is 5.63. The summed E-state index contributed by atoms with van der Waals surface area (Å²) >= 11 is 0. The van der Waals surface area contributed by atoms with Gasteiger partial charge in [-0.15, -0.1) is 0 Å². The van der Waals surface area contributed by atoms with E-state index in [1.54, 1.807) is 6.92 Å². The Morgan fingerprint density at radius 1 is 1.71 bits per heavy atom. The predicted octanol–water partition coefficient (Wildman–Crippen LogP) is 0.395. The van der Waals surface area contributed by atoms with Gasteiger partial charge < -0.3 is 14.7 Å². The molecule has 82 valence electrons. The van der Waals surface area contributed by atoms with Gasteiger partial charge in [-0.1, -0.05) is 0 Å². The largest absolute Gasteiger partial charge is 0.393 e. The van der Waals surface area contributed by atoms with Gasteiger partial charge in [0.25, 0.3) is 0 Å². The second-order valence-corrected chi connectivity index (χ2v) is 3.90. The summed E-state index contributed by atoms with van der Waals surface area (Å²) in [4.78, 5) is 13.5. The maximum absolute atomic E-state index is 11.7. The van der Waals surface area contributed by atoms with Crippen LogP contribution in [0.4, 0.5) is 0 Å². The zero-order valence-electron chi connectivity index (χ0n) is 8.90. The van der Waals surface area contributed by atoms with Crippen LogP contribution in [0, 0.1) is 0 Å². The van der Waals surface area contributed by atoms with E-state index in [1.807, 2.05) is 11.8 Å². The lowest BCUT2D eigenvalue weighted by Gasteiger charge is -2.33. The third kappa shape index (κ3) is 3.27. The predicted molar refractivity (Wildman–Crippen MR) is 52.9 cm³/mol. The van der Waals surface area contributed by atoms with Gasteiger partial charge in [-0.25, -0.2) is 0 Å². The van der Waals surface area contributed by atoms with Crippen molar-refractivity contribution in [3.8, 4) is 0 Å². The van der Waals surface area contributed by atoms with Crippen LogP contribution in [-0.4, -0.2) is 47.8 Å². The topological polar surface area (TPSA) is 49.8 Å². The Labute approximate surface area is 84.8 Å². The number of carbonyl (C=O) groups excluding carboxylic acids is 1. The fraction of sp³-hybridized carbons (Fsp3) is 0.900. The Kier molecular flexibility index (Phi) is 4.35. The van der Waals surface area contributed by atoms with Crippen molar-refractivity contribution in [3.05, 3.63) is 0 Å². The molecule has 1 rings (SSSR count). The normalized spacial score (nSPS) is 24.8. The van der Waals surface area contributed by atoms with Gasteiger partial charge in [-0.2, -0.15) is 0 Å². The molecule has 0 bridgehead atoms. The molecular formula is C10H19NO3. The number of hydrogen-bond acceptors (Lipinski definition) is 3. The monoisotopic (exact) mass is 201 g/mol. The standard InChI is InChI=1S/C10H19NO3/c1-8-7-14-6-5-11(8)10(13)4-3-9(2)12/h8-9,12H,3-7H2,1-2H3. The van der Waals surface area contributed by atoms with E-state index in [1.165, 1.54) is 0 Å². The van der Waals surface area contributed by atoms with Gasteiger partial charge in [-0.3, -0.25) is 4.79 Å². The zero-order valence-corrected chi connectivity index (χ0v) is 8.90. The van der Waals surface area contributed by atoms with E-state index >= 15 is 0 Å². The maximum atomic E-state index is 11.7. The average Bonchev–Trinajstić information content (AvgIpc) is 2.15. The molecule has 14 heavy (non-hydrogen) atoms. The molecule has 1 N–H and O–H groups in total. The molecule has 1 amide bonds. The van der Waals surface area contributed by atoms with Crippen LogP contribution in [0.1, 0.15) is 26.7 Å². The van der Waals surface area contributed by atoms with E-state index in [9.17, 15) is 4.79 Å². The molecule has 0 radical (unpaired) electrons. The molecule has 0 aliphatic carbocycles. The van der Waals surface area contributed by atoms with Crippen LogP contribution in [0.5, 0.6) is 0 Å². The highest BCUT2D eigenvalue weighted by Crippen LogP contribution is 2.09.